The van der Waals surface area contributed by atoms with Crippen molar-refractivity contribution < 1.29 is 14.4 Å². The zero-order chi connectivity index (χ0) is 18.1. The number of rotatable bonds is 4. The molecule has 6 nitrogen and oxygen atoms in total. The lowest BCUT2D eigenvalue weighted by molar-refractivity contribution is -0.133. The van der Waals surface area contributed by atoms with Gasteiger partial charge in [0.1, 0.15) is 0 Å². The fourth-order valence-electron chi connectivity index (χ4n) is 3.43. The number of nitrogens with zero attached hydrogens (tertiary/aromatic N) is 3. The second-order valence-corrected chi connectivity index (χ2v) is 7.72. The van der Waals surface area contributed by atoms with Crippen molar-refractivity contribution in [2.75, 3.05) is 33.7 Å². The van der Waals surface area contributed by atoms with Crippen LogP contribution in [0.15, 0.2) is 22.7 Å². The van der Waals surface area contributed by atoms with E-state index >= 15 is 0 Å². The topological polar surface area (TPSA) is 60.9 Å². The fraction of sp³-hybridized carbons (Fsp3) is 0.500. The predicted molar refractivity (Wildman–Crippen MR) is 97.4 cm³/mol. The third kappa shape index (κ3) is 3.62. The zero-order valence-corrected chi connectivity index (χ0v) is 16.1. The monoisotopic (exact) mass is 407 g/mol. The highest BCUT2D eigenvalue weighted by Crippen LogP contribution is 2.26. The van der Waals surface area contributed by atoms with Crippen LogP contribution in [0.25, 0.3) is 0 Å². The number of carbonyl (C=O) groups excluding carboxylic acids is 3. The van der Waals surface area contributed by atoms with E-state index in [1.54, 1.807) is 18.2 Å². The van der Waals surface area contributed by atoms with E-state index in [4.69, 9.17) is 0 Å². The number of benzene rings is 1. The first-order valence-corrected chi connectivity index (χ1v) is 9.27. The first kappa shape index (κ1) is 18.1. The Morgan fingerprint density at radius 3 is 2.68 bits per heavy atom. The minimum atomic E-state index is -0.320. The number of fused-ring (bicyclic) bond motifs is 1. The molecule has 3 rings (SSSR count). The van der Waals surface area contributed by atoms with E-state index < -0.39 is 0 Å². The fourth-order valence-corrected chi connectivity index (χ4v) is 3.80. The summed E-state index contributed by atoms with van der Waals surface area (Å²) in [7, 11) is 4.05. The third-order valence-corrected chi connectivity index (χ3v) is 5.45. The number of amides is 3. The van der Waals surface area contributed by atoms with Gasteiger partial charge in [-0.3, -0.25) is 19.3 Å². The van der Waals surface area contributed by atoms with Crippen LogP contribution in [0, 0.1) is 0 Å². The van der Waals surface area contributed by atoms with Crippen LogP contribution in [-0.2, 0) is 4.79 Å². The SMILES string of the molecule is CN(C)C1CCCN(C(=O)CCN2C(=O)c3ccc(Br)cc3C2=O)C1. The van der Waals surface area contributed by atoms with Gasteiger partial charge in [-0.2, -0.15) is 0 Å². The smallest absolute Gasteiger partial charge is 0.261 e. The van der Waals surface area contributed by atoms with Gasteiger partial charge < -0.3 is 9.80 Å². The van der Waals surface area contributed by atoms with Crippen LogP contribution in [0.5, 0.6) is 0 Å². The maximum absolute atomic E-state index is 12.5. The first-order valence-electron chi connectivity index (χ1n) is 8.48. The summed E-state index contributed by atoms with van der Waals surface area (Å²) in [4.78, 5) is 42.5. The summed E-state index contributed by atoms with van der Waals surface area (Å²) in [5, 5.41) is 0. The standard InChI is InChI=1S/C18H22BrN3O3/c1-20(2)13-4-3-8-21(11-13)16(23)7-9-22-17(24)14-6-5-12(19)10-15(14)18(22)25/h5-6,10,13H,3-4,7-9,11H2,1-2H3. The second-order valence-electron chi connectivity index (χ2n) is 6.80. The van der Waals surface area contributed by atoms with Gasteiger partial charge in [0, 0.05) is 36.6 Å². The largest absolute Gasteiger partial charge is 0.341 e. The second kappa shape index (κ2) is 7.25. The van der Waals surface area contributed by atoms with Crippen molar-refractivity contribution in [2.45, 2.75) is 25.3 Å². The molecule has 134 valence electrons. The average Bonchev–Trinajstić information content (AvgIpc) is 2.83. The lowest BCUT2D eigenvalue weighted by Gasteiger charge is -2.36. The molecule has 25 heavy (non-hydrogen) atoms. The highest BCUT2D eigenvalue weighted by Gasteiger charge is 2.36. The van der Waals surface area contributed by atoms with Gasteiger partial charge in [-0.05, 0) is 45.1 Å². The Balaban J connectivity index is 1.61. The summed E-state index contributed by atoms with van der Waals surface area (Å²) in [6.07, 6.45) is 2.24. The minimum Gasteiger partial charge on any atom is -0.341 e. The maximum Gasteiger partial charge on any atom is 0.261 e. The van der Waals surface area contributed by atoms with Crippen molar-refractivity contribution in [1.82, 2.24) is 14.7 Å². The Morgan fingerprint density at radius 1 is 1.24 bits per heavy atom. The van der Waals surface area contributed by atoms with E-state index in [1.165, 1.54) is 4.90 Å². The molecule has 0 aromatic heterocycles. The molecule has 1 saturated heterocycles. The Hall–Kier alpha value is -1.73. The quantitative estimate of drug-likeness (QED) is 0.715. The lowest BCUT2D eigenvalue weighted by Crippen LogP contribution is -2.48. The van der Waals surface area contributed by atoms with E-state index in [9.17, 15) is 14.4 Å². The zero-order valence-electron chi connectivity index (χ0n) is 14.5. The van der Waals surface area contributed by atoms with Crippen molar-refractivity contribution in [1.29, 1.82) is 0 Å². The predicted octanol–water partition coefficient (Wildman–Crippen LogP) is 1.99. The van der Waals surface area contributed by atoms with Crippen LogP contribution >= 0.6 is 15.9 Å². The normalized spacial score (nSPS) is 20.4. The van der Waals surface area contributed by atoms with Gasteiger partial charge in [0.2, 0.25) is 5.91 Å². The lowest BCUT2D eigenvalue weighted by atomic mass is 10.0. The molecule has 1 aromatic carbocycles. The Bertz CT molecular complexity index is 720. The molecule has 2 aliphatic rings. The van der Waals surface area contributed by atoms with E-state index in [1.807, 2.05) is 19.0 Å². The highest BCUT2D eigenvalue weighted by atomic mass is 79.9. The third-order valence-electron chi connectivity index (χ3n) is 4.96. The van der Waals surface area contributed by atoms with Crippen molar-refractivity contribution in [3.05, 3.63) is 33.8 Å². The number of piperidine rings is 1. The van der Waals surface area contributed by atoms with Crippen LogP contribution in [-0.4, -0.2) is 72.2 Å². The van der Waals surface area contributed by atoms with Gasteiger partial charge in [0.25, 0.3) is 11.8 Å². The molecule has 1 fully saturated rings. The molecular formula is C18H22BrN3O3. The number of likely N-dealkylation sites (N-methyl/N-ethyl adjacent to an activating group) is 1. The number of imide groups is 1. The van der Waals surface area contributed by atoms with Crippen LogP contribution in [0.2, 0.25) is 0 Å². The van der Waals surface area contributed by atoms with Crippen molar-refractivity contribution in [3.8, 4) is 0 Å². The number of hydrogen-bond donors (Lipinski definition) is 0. The van der Waals surface area contributed by atoms with Crippen molar-refractivity contribution in [2.24, 2.45) is 0 Å². The highest BCUT2D eigenvalue weighted by molar-refractivity contribution is 9.10. The first-order chi connectivity index (χ1) is 11.9. The molecule has 7 heteroatoms. The molecular weight excluding hydrogens is 386 g/mol. The van der Waals surface area contributed by atoms with Gasteiger partial charge in [-0.1, -0.05) is 15.9 Å². The Morgan fingerprint density at radius 2 is 1.96 bits per heavy atom. The summed E-state index contributed by atoms with van der Waals surface area (Å²) in [6.45, 7) is 1.59. The maximum atomic E-state index is 12.5. The van der Waals surface area contributed by atoms with Gasteiger partial charge in [0.05, 0.1) is 11.1 Å². The average molecular weight is 408 g/mol. The van der Waals surface area contributed by atoms with Crippen LogP contribution < -0.4 is 0 Å². The van der Waals surface area contributed by atoms with E-state index in [0.29, 0.717) is 23.7 Å². The molecule has 0 spiro atoms. The van der Waals surface area contributed by atoms with E-state index in [0.717, 1.165) is 23.9 Å². The minimum absolute atomic E-state index is 0.00397. The molecule has 1 atom stereocenters. The summed E-state index contributed by atoms with van der Waals surface area (Å²) < 4.78 is 0.758. The van der Waals surface area contributed by atoms with E-state index in [-0.39, 0.29) is 30.7 Å². The van der Waals surface area contributed by atoms with Gasteiger partial charge in [-0.15, -0.1) is 0 Å². The van der Waals surface area contributed by atoms with Gasteiger partial charge in [0.15, 0.2) is 0 Å². The Labute approximate surface area is 155 Å². The molecule has 0 saturated carbocycles. The van der Waals surface area contributed by atoms with Crippen LogP contribution in [0.1, 0.15) is 40.0 Å². The van der Waals surface area contributed by atoms with E-state index in [2.05, 4.69) is 20.8 Å². The molecule has 2 heterocycles. The number of hydrogen-bond acceptors (Lipinski definition) is 4. The molecule has 0 radical (unpaired) electrons. The van der Waals surface area contributed by atoms with Crippen LogP contribution in [0.3, 0.4) is 0 Å². The van der Waals surface area contributed by atoms with Gasteiger partial charge >= 0.3 is 0 Å². The van der Waals surface area contributed by atoms with Crippen molar-refractivity contribution in [3.63, 3.8) is 0 Å². The summed E-state index contributed by atoms with van der Waals surface area (Å²) in [5.74, 6) is -0.631. The number of likely N-dealkylation sites (tertiary alicyclic amines) is 1. The molecule has 2 aliphatic heterocycles. The number of carbonyl (C=O) groups is 3. The van der Waals surface area contributed by atoms with Crippen LogP contribution in [0.4, 0.5) is 0 Å². The molecule has 1 aromatic rings. The summed E-state index contributed by atoms with van der Waals surface area (Å²) in [5.41, 5.74) is 0.809. The van der Waals surface area contributed by atoms with Gasteiger partial charge in [-0.25, -0.2) is 0 Å². The number of halogens is 1. The van der Waals surface area contributed by atoms with Crippen molar-refractivity contribution >= 4 is 33.7 Å². The molecule has 1 unspecified atom stereocenters. The summed E-state index contributed by atoms with van der Waals surface area (Å²) in [6, 6.07) is 5.42. The Kier molecular flexibility index (Phi) is 5.24. The molecule has 0 bridgehead atoms. The summed E-state index contributed by atoms with van der Waals surface area (Å²) >= 11 is 3.32. The molecule has 0 aliphatic carbocycles. The molecule has 0 N–H and O–H groups in total. The molecule has 3 amide bonds.